The summed E-state index contributed by atoms with van der Waals surface area (Å²) in [4.78, 5) is 43.9. The summed E-state index contributed by atoms with van der Waals surface area (Å²) >= 11 is 1.37. The Morgan fingerprint density at radius 1 is 1.22 bits per heavy atom. The summed E-state index contributed by atoms with van der Waals surface area (Å²) in [6, 6.07) is 8.71. The Hall–Kier alpha value is -4.85. The zero-order valence-corrected chi connectivity index (χ0v) is 26.3. The van der Waals surface area contributed by atoms with E-state index in [0.29, 0.717) is 33.7 Å². The first-order valence-electron chi connectivity index (χ1n) is 14.5. The fourth-order valence-corrected chi connectivity index (χ4v) is 7.05. The molecule has 12 nitrogen and oxygen atoms in total. The second-order valence-corrected chi connectivity index (χ2v) is 13.2. The van der Waals surface area contributed by atoms with Gasteiger partial charge in [-0.05, 0) is 62.7 Å². The van der Waals surface area contributed by atoms with Gasteiger partial charge in [0.05, 0.1) is 11.4 Å². The van der Waals surface area contributed by atoms with Gasteiger partial charge >= 0.3 is 5.97 Å². The number of thioether (sulfide) groups is 1. The Kier molecular flexibility index (Phi) is 8.00. The first-order valence-corrected chi connectivity index (χ1v) is 15.6. The second kappa shape index (κ2) is 11.8. The third-order valence-electron chi connectivity index (χ3n) is 7.69. The number of nitrogens with one attached hydrogen (secondary N) is 3. The summed E-state index contributed by atoms with van der Waals surface area (Å²) in [5.74, 6) is -1.39. The minimum atomic E-state index is -0.882. The van der Waals surface area contributed by atoms with Crippen molar-refractivity contribution in [2.24, 2.45) is 5.16 Å². The van der Waals surface area contributed by atoms with E-state index >= 15 is 0 Å². The van der Waals surface area contributed by atoms with Crippen LogP contribution in [0.5, 0.6) is 5.75 Å². The van der Waals surface area contributed by atoms with Crippen LogP contribution in [-0.2, 0) is 30.3 Å². The number of carbonyl (C=O) groups is 3. The van der Waals surface area contributed by atoms with E-state index in [2.05, 4.69) is 15.5 Å². The molecule has 0 bridgehead atoms. The highest BCUT2D eigenvalue weighted by Gasteiger charge is 2.54. The standard InChI is InChI=1S/C32H32FN5O7S/c1-15(34)43-12-16-14-46-30-27(29(40)38(30)28(16)31(41)45-32(2,3)4)36-25(39)13-44-18-6-7-19-21(10-18)24(37-42)11-22-20-9-17(33)5-8-23(20)35-26(19)22/h5-10,27,30,34-35,42H,11-14H2,1-4H3,(H,36,39)/b34-15?,37-24-. The van der Waals surface area contributed by atoms with Crippen LogP contribution in [0, 0.1) is 11.2 Å². The lowest BCUT2D eigenvalue weighted by Gasteiger charge is -2.49. The summed E-state index contributed by atoms with van der Waals surface area (Å²) in [6.07, 6.45) is 0.264. The van der Waals surface area contributed by atoms with Crippen molar-refractivity contribution in [3.8, 4) is 17.0 Å². The fourth-order valence-electron chi connectivity index (χ4n) is 5.72. The SMILES string of the molecule is CC(=N)OCC1=C(C(=O)OC(C)(C)C)N2C(=O)C(NC(=O)COc3ccc4c(c3)/C(=N\O)Cc3c-4[nH]c4ccc(F)cc34)C2SC1. The van der Waals surface area contributed by atoms with Gasteiger partial charge in [-0.2, -0.15) is 0 Å². The quantitative estimate of drug-likeness (QED) is 0.0742. The third-order valence-corrected chi connectivity index (χ3v) is 9.03. The van der Waals surface area contributed by atoms with Crippen LogP contribution in [0.4, 0.5) is 4.39 Å². The summed E-state index contributed by atoms with van der Waals surface area (Å²) in [5.41, 5.74) is 3.86. The molecule has 0 spiro atoms. The number of esters is 1. The van der Waals surface area contributed by atoms with E-state index in [1.54, 1.807) is 45.0 Å². The van der Waals surface area contributed by atoms with Gasteiger partial charge in [-0.1, -0.05) is 5.16 Å². The average molecular weight is 650 g/mol. The van der Waals surface area contributed by atoms with Crippen molar-refractivity contribution in [3.63, 3.8) is 0 Å². The molecule has 2 aromatic carbocycles. The van der Waals surface area contributed by atoms with Crippen LogP contribution in [0.1, 0.15) is 38.8 Å². The first-order chi connectivity index (χ1) is 21.8. The van der Waals surface area contributed by atoms with Crippen LogP contribution in [0.25, 0.3) is 22.2 Å². The van der Waals surface area contributed by atoms with Gasteiger partial charge in [-0.15, -0.1) is 11.8 Å². The Bertz CT molecular complexity index is 1860. The fraction of sp³-hybridized carbons (Fsp3) is 0.344. The Morgan fingerprint density at radius 2 is 2.00 bits per heavy atom. The molecule has 4 N–H and O–H groups in total. The van der Waals surface area contributed by atoms with E-state index < -0.39 is 41.4 Å². The van der Waals surface area contributed by atoms with Crippen LogP contribution >= 0.6 is 11.8 Å². The average Bonchev–Trinajstić information content (AvgIpc) is 3.37. The number of aromatic amines is 1. The smallest absolute Gasteiger partial charge is 0.355 e. The molecule has 2 atom stereocenters. The maximum atomic E-state index is 13.9. The molecule has 240 valence electrons. The molecule has 1 aromatic heterocycles. The van der Waals surface area contributed by atoms with Gasteiger partial charge in [-0.25, -0.2) is 9.18 Å². The van der Waals surface area contributed by atoms with Gasteiger partial charge in [0.1, 0.15) is 40.9 Å². The summed E-state index contributed by atoms with van der Waals surface area (Å²) < 4.78 is 30.6. The monoisotopic (exact) mass is 649 g/mol. The molecule has 6 rings (SSSR count). The number of rotatable bonds is 7. The number of β-lactam (4-membered cyclic amide) rings is 1. The Labute approximate surface area is 267 Å². The van der Waals surface area contributed by atoms with Gasteiger partial charge in [0.15, 0.2) is 12.5 Å². The zero-order chi connectivity index (χ0) is 32.9. The van der Waals surface area contributed by atoms with E-state index in [-0.39, 0.29) is 30.4 Å². The van der Waals surface area contributed by atoms with Crippen LogP contribution < -0.4 is 10.1 Å². The van der Waals surface area contributed by atoms with Crippen molar-refractivity contribution >= 4 is 52.1 Å². The molecule has 1 fully saturated rings. The summed E-state index contributed by atoms with van der Waals surface area (Å²) in [6.45, 7) is 6.21. The molecule has 3 heterocycles. The number of H-pyrrole nitrogens is 1. The molecule has 14 heteroatoms. The molecule has 2 amide bonds. The van der Waals surface area contributed by atoms with Gasteiger partial charge in [0, 0.05) is 46.7 Å². The van der Waals surface area contributed by atoms with E-state index in [1.165, 1.54) is 35.7 Å². The number of hydrogen-bond acceptors (Lipinski definition) is 10. The lowest BCUT2D eigenvalue weighted by molar-refractivity contribution is -0.159. The predicted molar refractivity (Wildman–Crippen MR) is 168 cm³/mol. The predicted octanol–water partition coefficient (Wildman–Crippen LogP) is 4.10. The van der Waals surface area contributed by atoms with Crippen molar-refractivity contribution in [1.29, 1.82) is 5.41 Å². The van der Waals surface area contributed by atoms with Gasteiger partial charge in [-0.3, -0.25) is 19.9 Å². The van der Waals surface area contributed by atoms with Crippen LogP contribution in [0.15, 0.2) is 52.8 Å². The van der Waals surface area contributed by atoms with Crippen molar-refractivity contribution < 1.29 is 38.2 Å². The number of amides is 2. The molecular weight excluding hydrogens is 617 g/mol. The minimum Gasteiger partial charge on any atom is -0.484 e. The summed E-state index contributed by atoms with van der Waals surface area (Å²) in [7, 11) is 0. The number of hydrogen-bond donors (Lipinski definition) is 4. The molecule has 1 saturated heterocycles. The van der Waals surface area contributed by atoms with Crippen LogP contribution in [0.3, 0.4) is 0 Å². The largest absolute Gasteiger partial charge is 0.484 e. The van der Waals surface area contributed by atoms with Crippen molar-refractivity contribution in [2.75, 3.05) is 19.0 Å². The highest BCUT2D eigenvalue weighted by atomic mass is 32.2. The zero-order valence-electron chi connectivity index (χ0n) is 25.5. The molecule has 3 aliphatic rings. The third kappa shape index (κ3) is 5.80. The topological polar surface area (TPSA) is 166 Å². The van der Waals surface area contributed by atoms with Crippen molar-refractivity contribution in [2.45, 2.75) is 51.1 Å². The molecule has 0 radical (unpaired) electrons. The van der Waals surface area contributed by atoms with Crippen LogP contribution in [-0.4, -0.2) is 80.5 Å². The summed E-state index contributed by atoms with van der Waals surface area (Å²) in [5, 5.41) is 23.7. The lowest BCUT2D eigenvalue weighted by atomic mass is 9.87. The molecular formula is C32H32FN5O7S. The molecule has 0 saturated carbocycles. The number of halogens is 1. The number of fused-ring (bicyclic) bond motifs is 6. The number of ether oxygens (including phenoxy) is 3. The van der Waals surface area contributed by atoms with Crippen molar-refractivity contribution in [1.82, 2.24) is 15.2 Å². The van der Waals surface area contributed by atoms with E-state index in [1.807, 2.05) is 0 Å². The molecule has 3 aromatic rings. The Morgan fingerprint density at radius 3 is 2.72 bits per heavy atom. The van der Waals surface area contributed by atoms with Crippen LogP contribution in [0.2, 0.25) is 0 Å². The van der Waals surface area contributed by atoms with Gasteiger partial charge < -0.3 is 29.7 Å². The molecule has 1 aliphatic carbocycles. The second-order valence-electron chi connectivity index (χ2n) is 12.1. The number of aromatic nitrogens is 1. The minimum absolute atomic E-state index is 0.0265. The number of oxime groups is 1. The van der Waals surface area contributed by atoms with E-state index in [4.69, 9.17) is 19.6 Å². The van der Waals surface area contributed by atoms with Crippen molar-refractivity contribution in [3.05, 3.63) is 64.6 Å². The number of benzene rings is 2. The first kappa shape index (κ1) is 31.1. The normalized spacial score (nSPS) is 19.6. The number of nitrogens with zero attached hydrogens (tertiary/aromatic N) is 2. The Balaban J connectivity index is 1.14. The maximum Gasteiger partial charge on any atom is 0.355 e. The molecule has 2 unspecified atom stereocenters. The van der Waals surface area contributed by atoms with E-state index in [9.17, 15) is 24.0 Å². The molecule has 2 aliphatic heterocycles. The lowest BCUT2D eigenvalue weighted by Crippen LogP contribution is -2.71. The van der Waals surface area contributed by atoms with Gasteiger partial charge in [0.25, 0.3) is 11.8 Å². The van der Waals surface area contributed by atoms with Gasteiger partial charge in [0.2, 0.25) is 0 Å². The highest BCUT2D eigenvalue weighted by molar-refractivity contribution is 8.00. The highest BCUT2D eigenvalue weighted by Crippen LogP contribution is 2.42. The van der Waals surface area contributed by atoms with E-state index in [0.717, 1.165) is 22.3 Å². The maximum absolute atomic E-state index is 13.9. The molecule has 46 heavy (non-hydrogen) atoms. The number of carbonyl (C=O) groups excluding carboxylic acids is 3.